The van der Waals surface area contributed by atoms with Crippen LogP contribution in [0.4, 0.5) is 0 Å². The molecule has 1 saturated heterocycles. The maximum atomic E-state index is 11.9. The van der Waals surface area contributed by atoms with E-state index in [-0.39, 0.29) is 11.9 Å². The molecule has 0 atom stereocenters. The zero-order valence-electron chi connectivity index (χ0n) is 18.3. The Hall–Kier alpha value is -2.14. The van der Waals surface area contributed by atoms with Crippen LogP contribution in [0.5, 0.6) is 5.75 Å². The third-order valence-corrected chi connectivity index (χ3v) is 6.58. The predicted molar refractivity (Wildman–Crippen MR) is 118 cm³/mol. The molecule has 0 amide bonds. The summed E-state index contributed by atoms with van der Waals surface area (Å²) in [6.45, 7) is 7.31. The van der Waals surface area contributed by atoms with E-state index >= 15 is 0 Å². The second kappa shape index (κ2) is 9.78. The van der Waals surface area contributed by atoms with E-state index in [9.17, 15) is 4.79 Å². The largest absolute Gasteiger partial charge is 0.490 e. The van der Waals surface area contributed by atoms with Crippen molar-refractivity contribution in [2.45, 2.75) is 65.0 Å². The molecular weight excluding hydrogens is 376 g/mol. The molecule has 0 spiro atoms. The van der Waals surface area contributed by atoms with Gasteiger partial charge in [-0.05, 0) is 88.7 Å². The van der Waals surface area contributed by atoms with Crippen LogP contribution in [-0.4, -0.2) is 41.7 Å². The molecule has 1 aromatic carbocycles. The third-order valence-electron chi connectivity index (χ3n) is 6.58. The molecule has 0 N–H and O–H groups in total. The van der Waals surface area contributed by atoms with Gasteiger partial charge in [0.25, 0.3) is 0 Å². The van der Waals surface area contributed by atoms with Crippen LogP contribution in [0.15, 0.2) is 30.3 Å². The Labute approximate surface area is 179 Å². The summed E-state index contributed by atoms with van der Waals surface area (Å²) in [7, 11) is 0. The van der Waals surface area contributed by atoms with Gasteiger partial charge in [0.15, 0.2) is 0 Å². The maximum Gasteiger partial charge on any atom is 0.309 e. The Bertz CT molecular complexity index is 853. The molecule has 2 fully saturated rings. The van der Waals surface area contributed by atoms with E-state index in [1.165, 1.54) is 12.8 Å². The van der Waals surface area contributed by atoms with Crippen LogP contribution >= 0.6 is 0 Å². The zero-order chi connectivity index (χ0) is 20.9. The molecule has 30 heavy (non-hydrogen) atoms. The molecule has 4 rings (SSSR count). The number of likely N-dealkylation sites (tertiary alicyclic amines) is 1. The van der Waals surface area contributed by atoms with Gasteiger partial charge >= 0.3 is 5.97 Å². The van der Waals surface area contributed by atoms with E-state index in [2.05, 4.69) is 42.2 Å². The molecule has 2 aromatic rings. The summed E-state index contributed by atoms with van der Waals surface area (Å²) in [5, 5.41) is 1.13. The molecule has 5 nitrogen and oxygen atoms in total. The summed E-state index contributed by atoms with van der Waals surface area (Å²) in [5.41, 5.74) is 2.09. The fraction of sp³-hybridized carbons (Fsp3) is 0.600. The van der Waals surface area contributed by atoms with Gasteiger partial charge in [0.05, 0.1) is 29.8 Å². The molecule has 1 aromatic heterocycles. The van der Waals surface area contributed by atoms with Gasteiger partial charge in [-0.2, -0.15) is 0 Å². The van der Waals surface area contributed by atoms with Crippen molar-refractivity contribution in [3.8, 4) is 5.75 Å². The Morgan fingerprint density at radius 2 is 1.83 bits per heavy atom. The van der Waals surface area contributed by atoms with Gasteiger partial charge in [0.2, 0.25) is 0 Å². The lowest BCUT2D eigenvalue weighted by molar-refractivity contribution is -0.149. The fourth-order valence-electron chi connectivity index (χ4n) is 4.66. The van der Waals surface area contributed by atoms with Crippen molar-refractivity contribution < 1.29 is 14.3 Å². The number of piperidine rings is 1. The number of carbonyl (C=O) groups is 1. The van der Waals surface area contributed by atoms with Crippen LogP contribution in [0.2, 0.25) is 0 Å². The standard InChI is InChI=1S/C25H34N2O3/c1-3-29-25(28)19-12-14-27(15-13-19)17-21-7-6-20-16-23(10-11-24(20)26-21)30-22-8-4-18(2)5-9-22/h6-7,10-11,16,18-19,22H,3-5,8-9,12-15,17H2,1-2H3/t18-,22-. The first kappa shape index (κ1) is 21.1. The average Bonchev–Trinajstić information content (AvgIpc) is 2.76. The Morgan fingerprint density at radius 1 is 1.07 bits per heavy atom. The van der Waals surface area contributed by atoms with Crippen LogP contribution in [0.3, 0.4) is 0 Å². The fourth-order valence-corrected chi connectivity index (χ4v) is 4.66. The lowest BCUT2D eigenvalue weighted by atomic mass is 9.89. The monoisotopic (exact) mass is 410 g/mol. The van der Waals surface area contributed by atoms with E-state index in [4.69, 9.17) is 14.5 Å². The highest BCUT2D eigenvalue weighted by atomic mass is 16.5. The number of nitrogens with zero attached hydrogens (tertiary/aromatic N) is 2. The molecule has 0 unspecified atom stereocenters. The second-order valence-electron chi connectivity index (χ2n) is 8.96. The van der Waals surface area contributed by atoms with Crippen molar-refractivity contribution >= 4 is 16.9 Å². The minimum Gasteiger partial charge on any atom is -0.490 e. The molecular formula is C25H34N2O3. The average molecular weight is 411 g/mol. The van der Waals surface area contributed by atoms with E-state index in [0.29, 0.717) is 12.7 Å². The number of esters is 1. The van der Waals surface area contributed by atoms with E-state index in [1.807, 2.05) is 6.92 Å². The molecule has 1 aliphatic heterocycles. The van der Waals surface area contributed by atoms with Crippen LogP contribution in [0.1, 0.15) is 58.1 Å². The van der Waals surface area contributed by atoms with Gasteiger partial charge in [-0.1, -0.05) is 13.0 Å². The third kappa shape index (κ3) is 5.31. The van der Waals surface area contributed by atoms with Gasteiger partial charge in [0, 0.05) is 11.9 Å². The molecule has 5 heteroatoms. The first-order valence-electron chi connectivity index (χ1n) is 11.6. The lowest BCUT2D eigenvalue weighted by Gasteiger charge is -2.30. The number of aromatic nitrogens is 1. The van der Waals surface area contributed by atoms with Gasteiger partial charge in [-0.25, -0.2) is 0 Å². The number of rotatable bonds is 6. The van der Waals surface area contributed by atoms with E-state index in [1.54, 1.807) is 0 Å². The highest BCUT2D eigenvalue weighted by molar-refractivity contribution is 5.80. The van der Waals surface area contributed by atoms with Crippen LogP contribution in [-0.2, 0) is 16.1 Å². The van der Waals surface area contributed by atoms with Crippen LogP contribution < -0.4 is 4.74 Å². The number of pyridine rings is 1. The lowest BCUT2D eigenvalue weighted by Crippen LogP contribution is -2.36. The normalized spacial score (nSPS) is 23.4. The Kier molecular flexibility index (Phi) is 6.88. The molecule has 1 aliphatic carbocycles. The van der Waals surface area contributed by atoms with Gasteiger partial charge in [-0.3, -0.25) is 14.7 Å². The molecule has 0 bridgehead atoms. The molecule has 1 saturated carbocycles. The van der Waals surface area contributed by atoms with Crippen molar-refractivity contribution in [2.24, 2.45) is 11.8 Å². The molecule has 162 valence electrons. The topological polar surface area (TPSA) is 51.7 Å². The second-order valence-corrected chi connectivity index (χ2v) is 8.96. The van der Waals surface area contributed by atoms with Crippen molar-refractivity contribution in [3.63, 3.8) is 0 Å². The highest BCUT2D eigenvalue weighted by Gasteiger charge is 2.26. The highest BCUT2D eigenvalue weighted by Crippen LogP contribution is 2.29. The summed E-state index contributed by atoms with van der Waals surface area (Å²) in [4.78, 5) is 19.2. The van der Waals surface area contributed by atoms with Gasteiger partial charge in [0.1, 0.15) is 5.75 Å². The maximum absolute atomic E-state index is 11.9. The van der Waals surface area contributed by atoms with Gasteiger partial charge in [-0.15, -0.1) is 0 Å². The first-order chi connectivity index (χ1) is 14.6. The summed E-state index contributed by atoms with van der Waals surface area (Å²) < 4.78 is 11.4. The summed E-state index contributed by atoms with van der Waals surface area (Å²) >= 11 is 0. The number of hydrogen-bond acceptors (Lipinski definition) is 5. The molecule has 2 heterocycles. The Morgan fingerprint density at radius 3 is 2.57 bits per heavy atom. The van der Waals surface area contributed by atoms with E-state index < -0.39 is 0 Å². The van der Waals surface area contributed by atoms with Crippen molar-refractivity contribution in [2.75, 3.05) is 19.7 Å². The van der Waals surface area contributed by atoms with E-state index in [0.717, 1.165) is 73.6 Å². The van der Waals surface area contributed by atoms with Crippen LogP contribution in [0, 0.1) is 11.8 Å². The Balaban J connectivity index is 1.33. The quantitative estimate of drug-likeness (QED) is 0.630. The summed E-state index contributed by atoms with van der Waals surface area (Å²) in [6, 6.07) is 10.5. The smallest absolute Gasteiger partial charge is 0.309 e. The van der Waals surface area contributed by atoms with Crippen molar-refractivity contribution in [1.29, 1.82) is 0 Å². The van der Waals surface area contributed by atoms with Crippen molar-refractivity contribution in [3.05, 3.63) is 36.0 Å². The molecule has 0 radical (unpaired) electrons. The molecule has 2 aliphatic rings. The number of benzene rings is 1. The first-order valence-corrected chi connectivity index (χ1v) is 11.6. The van der Waals surface area contributed by atoms with Crippen LogP contribution in [0.25, 0.3) is 10.9 Å². The minimum absolute atomic E-state index is 0.0401. The number of carbonyl (C=O) groups excluding carboxylic acids is 1. The number of ether oxygens (including phenoxy) is 2. The number of hydrogen-bond donors (Lipinski definition) is 0. The SMILES string of the molecule is CCOC(=O)C1CCN(Cc2ccc3cc(O[C@H]4CC[C@H](C)CC4)ccc3n2)CC1. The van der Waals surface area contributed by atoms with Crippen molar-refractivity contribution in [1.82, 2.24) is 9.88 Å². The summed E-state index contributed by atoms with van der Waals surface area (Å²) in [6.07, 6.45) is 6.93. The minimum atomic E-state index is -0.0401. The van der Waals surface area contributed by atoms with Gasteiger partial charge < -0.3 is 9.47 Å². The predicted octanol–water partition coefficient (Wildman–Crippen LogP) is 4.97. The number of fused-ring (bicyclic) bond motifs is 1. The zero-order valence-corrected chi connectivity index (χ0v) is 18.3. The summed E-state index contributed by atoms with van der Waals surface area (Å²) in [5.74, 6) is 1.80.